The van der Waals surface area contributed by atoms with E-state index in [1.54, 1.807) is 18.2 Å². The van der Waals surface area contributed by atoms with Crippen LogP contribution in [0.5, 0.6) is 0 Å². The molecule has 172 valence electrons. The van der Waals surface area contributed by atoms with Crippen molar-refractivity contribution in [2.75, 3.05) is 5.32 Å². The Morgan fingerprint density at radius 1 is 1.00 bits per heavy atom. The summed E-state index contributed by atoms with van der Waals surface area (Å²) in [6.07, 6.45) is 2.03. The number of nitrogens with one attached hydrogen (secondary N) is 2. The van der Waals surface area contributed by atoms with Crippen LogP contribution in [0.3, 0.4) is 0 Å². The molecule has 2 amide bonds. The first-order valence-electron chi connectivity index (χ1n) is 9.85. The molecule has 2 aromatic rings. The SMILES string of the molecule is N#CC1(NC(=O)c2cc(NC(=O)C3C(c4cc(Cl)c(Cl)c(Cl)c4)C3(Cl)Cl)ccc2Cl)CCC1. The van der Waals surface area contributed by atoms with E-state index >= 15 is 0 Å². The Balaban J connectivity index is 1.51. The quantitative estimate of drug-likeness (QED) is 0.302. The van der Waals surface area contributed by atoms with Crippen LogP contribution in [0.2, 0.25) is 20.1 Å². The number of amides is 2. The third kappa shape index (κ3) is 4.62. The first-order valence-corrected chi connectivity index (χ1v) is 12.1. The lowest BCUT2D eigenvalue weighted by Crippen LogP contribution is -2.52. The predicted octanol–water partition coefficient (Wildman–Crippen LogP) is 7.00. The van der Waals surface area contributed by atoms with Crippen molar-refractivity contribution in [3.8, 4) is 6.07 Å². The number of alkyl halides is 2. The minimum atomic E-state index is -1.37. The minimum absolute atomic E-state index is 0.141. The third-order valence-electron chi connectivity index (χ3n) is 5.95. The normalized spacial score (nSPS) is 22.0. The van der Waals surface area contributed by atoms with E-state index in [0.29, 0.717) is 24.1 Å². The Kier molecular flexibility index (Phi) is 6.74. The van der Waals surface area contributed by atoms with Gasteiger partial charge in [0.05, 0.1) is 37.6 Å². The van der Waals surface area contributed by atoms with Gasteiger partial charge in [0.2, 0.25) is 5.91 Å². The van der Waals surface area contributed by atoms with Gasteiger partial charge >= 0.3 is 0 Å². The lowest BCUT2D eigenvalue weighted by Gasteiger charge is -2.35. The number of nitrogens with zero attached hydrogens (tertiary/aromatic N) is 1. The molecule has 2 fully saturated rings. The fourth-order valence-corrected chi connectivity index (χ4v) is 5.54. The lowest BCUT2D eigenvalue weighted by molar-refractivity contribution is -0.117. The predicted molar refractivity (Wildman–Crippen MR) is 132 cm³/mol. The molecule has 0 aromatic heterocycles. The molecule has 4 rings (SSSR count). The number of carbonyl (C=O) groups excluding carboxylic acids is 2. The van der Waals surface area contributed by atoms with Crippen molar-refractivity contribution in [1.29, 1.82) is 5.26 Å². The highest BCUT2D eigenvalue weighted by Crippen LogP contribution is 2.65. The van der Waals surface area contributed by atoms with Crippen molar-refractivity contribution < 1.29 is 9.59 Å². The van der Waals surface area contributed by atoms with Gasteiger partial charge in [-0.25, -0.2) is 0 Å². The van der Waals surface area contributed by atoms with Crippen molar-refractivity contribution in [2.45, 2.75) is 35.1 Å². The molecule has 5 nitrogen and oxygen atoms in total. The Labute approximate surface area is 220 Å². The van der Waals surface area contributed by atoms with E-state index in [1.807, 2.05) is 0 Å². The van der Waals surface area contributed by atoms with Gasteiger partial charge in [0.15, 0.2) is 0 Å². The van der Waals surface area contributed by atoms with E-state index in [4.69, 9.17) is 69.6 Å². The summed E-state index contributed by atoms with van der Waals surface area (Å²) < 4.78 is -1.37. The summed E-state index contributed by atoms with van der Waals surface area (Å²) in [6, 6.07) is 9.78. The zero-order valence-corrected chi connectivity index (χ0v) is 21.2. The fourth-order valence-electron chi connectivity index (χ4n) is 3.90. The molecule has 2 aromatic carbocycles. The molecular weight excluding hydrogens is 551 g/mol. The molecule has 2 N–H and O–H groups in total. The molecule has 0 spiro atoms. The molecule has 0 bridgehead atoms. The van der Waals surface area contributed by atoms with E-state index in [9.17, 15) is 14.9 Å². The van der Waals surface area contributed by atoms with E-state index in [0.717, 1.165) is 6.42 Å². The summed E-state index contributed by atoms with van der Waals surface area (Å²) in [5.41, 5.74) is 0.176. The summed E-state index contributed by atoms with van der Waals surface area (Å²) in [4.78, 5) is 25.7. The van der Waals surface area contributed by atoms with Crippen molar-refractivity contribution in [3.63, 3.8) is 0 Å². The minimum Gasteiger partial charge on any atom is -0.334 e. The lowest BCUT2D eigenvalue weighted by atomic mass is 9.78. The molecule has 0 heterocycles. The Morgan fingerprint density at radius 3 is 2.18 bits per heavy atom. The van der Waals surface area contributed by atoms with Crippen LogP contribution in [-0.4, -0.2) is 21.7 Å². The number of nitriles is 1. The van der Waals surface area contributed by atoms with Gasteiger partial charge in [-0.05, 0) is 55.2 Å². The van der Waals surface area contributed by atoms with Crippen LogP contribution in [0, 0.1) is 17.2 Å². The highest BCUT2D eigenvalue weighted by atomic mass is 35.5. The van der Waals surface area contributed by atoms with Crippen LogP contribution in [0.15, 0.2) is 30.3 Å². The first-order chi connectivity index (χ1) is 15.5. The van der Waals surface area contributed by atoms with Crippen LogP contribution < -0.4 is 10.6 Å². The largest absolute Gasteiger partial charge is 0.334 e. The van der Waals surface area contributed by atoms with E-state index < -0.39 is 33.5 Å². The maximum absolute atomic E-state index is 13.0. The number of hydrogen-bond donors (Lipinski definition) is 2. The Bertz CT molecular complexity index is 1180. The first kappa shape index (κ1) is 24.7. The van der Waals surface area contributed by atoms with Crippen LogP contribution in [0.1, 0.15) is 41.1 Å². The van der Waals surface area contributed by atoms with Gasteiger partial charge in [-0.1, -0.05) is 46.4 Å². The molecule has 2 aliphatic carbocycles. The third-order valence-corrected chi connectivity index (χ3v) is 8.42. The van der Waals surface area contributed by atoms with E-state index in [1.165, 1.54) is 12.1 Å². The second-order valence-electron chi connectivity index (χ2n) is 8.11. The Morgan fingerprint density at radius 2 is 1.64 bits per heavy atom. The summed E-state index contributed by atoms with van der Waals surface area (Å²) in [5.74, 6) is -2.29. The molecule has 2 aliphatic rings. The smallest absolute Gasteiger partial charge is 0.254 e. The second-order valence-corrected chi connectivity index (χ2v) is 11.2. The average molecular weight is 566 g/mol. The van der Waals surface area contributed by atoms with Gasteiger partial charge in [-0.3, -0.25) is 9.59 Å². The number of benzene rings is 2. The summed E-state index contributed by atoms with van der Waals surface area (Å²) in [6.45, 7) is 0. The van der Waals surface area contributed by atoms with Crippen LogP contribution >= 0.6 is 69.6 Å². The number of rotatable bonds is 5. The number of anilines is 1. The van der Waals surface area contributed by atoms with Crippen LogP contribution in [0.25, 0.3) is 0 Å². The number of carbonyl (C=O) groups is 2. The molecule has 0 radical (unpaired) electrons. The van der Waals surface area contributed by atoms with Crippen molar-refractivity contribution in [1.82, 2.24) is 5.32 Å². The van der Waals surface area contributed by atoms with Crippen molar-refractivity contribution in [3.05, 3.63) is 61.5 Å². The molecule has 2 atom stereocenters. The molecule has 0 saturated heterocycles. The highest BCUT2D eigenvalue weighted by molar-refractivity contribution is 6.54. The monoisotopic (exact) mass is 563 g/mol. The molecule has 2 unspecified atom stereocenters. The van der Waals surface area contributed by atoms with E-state index in [2.05, 4.69) is 16.7 Å². The summed E-state index contributed by atoms with van der Waals surface area (Å²) in [5, 5.41) is 15.7. The maximum atomic E-state index is 13.0. The zero-order chi connectivity index (χ0) is 24.1. The Hall–Kier alpha value is -1.39. The van der Waals surface area contributed by atoms with Gasteiger partial charge in [0.25, 0.3) is 5.91 Å². The van der Waals surface area contributed by atoms with Crippen LogP contribution in [-0.2, 0) is 4.79 Å². The highest BCUT2D eigenvalue weighted by Gasteiger charge is 2.67. The summed E-state index contributed by atoms with van der Waals surface area (Å²) in [7, 11) is 0. The fraction of sp³-hybridized carbons (Fsp3) is 0.318. The van der Waals surface area contributed by atoms with Crippen molar-refractivity contribution in [2.24, 2.45) is 5.92 Å². The van der Waals surface area contributed by atoms with Crippen LogP contribution in [0.4, 0.5) is 5.69 Å². The van der Waals surface area contributed by atoms with Gasteiger partial charge in [0, 0.05) is 11.6 Å². The molecule has 2 saturated carbocycles. The standard InChI is InChI=1S/C22H15Cl6N3O2/c23-13-3-2-11(8-12(13)19(32)31-21(9-29)4-1-5-21)30-20(33)17-16(22(17,27)28)10-6-14(24)18(26)15(25)7-10/h2-3,6-8,16-17H,1,4-5H2,(H,30,33)(H,31,32). The van der Waals surface area contributed by atoms with E-state index in [-0.39, 0.29) is 25.7 Å². The molecule has 33 heavy (non-hydrogen) atoms. The molecular formula is C22H15Cl6N3O2. The zero-order valence-electron chi connectivity index (χ0n) is 16.7. The van der Waals surface area contributed by atoms with Crippen molar-refractivity contribution >= 4 is 87.1 Å². The maximum Gasteiger partial charge on any atom is 0.254 e. The van der Waals surface area contributed by atoms with Gasteiger partial charge < -0.3 is 10.6 Å². The van der Waals surface area contributed by atoms with Gasteiger partial charge in [-0.2, -0.15) is 5.26 Å². The average Bonchev–Trinajstić information content (AvgIpc) is 3.31. The summed E-state index contributed by atoms with van der Waals surface area (Å²) >= 11 is 37.2. The van der Waals surface area contributed by atoms with Gasteiger partial charge in [-0.15, -0.1) is 23.2 Å². The molecule has 11 heteroatoms. The number of halogens is 6. The van der Waals surface area contributed by atoms with Gasteiger partial charge in [0.1, 0.15) is 9.87 Å². The second kappa shape index (κ2) is 9.00. The molecule has 0 aliphatic heterocycles. The number of hydrogen-bond acceptors (Lipinski definition) is 3. The topological polar surface area (TPSA) is 82.0 Å².